The summed E-state index contributed by atoms with van der Waals surface area (Å²) in [7, 11) is 0. The van der Waals surface area contributed by atoms with Crippen molar-refractivity contribution in [3.05, 3.63) is 33.6 Å². The number of hydrogen-bond acceptors (Lipinski definition) is 0. The number of aryl methyl sites for hydroxylation is 2. The fourth-order valence-corrected chi connectivity index (χ4v) is 5.22. The van der Waals surface area contributed by atoms with Crippen molar-refractivity contribution in [2.45, 2.75) is 78.1 Å². The van der Waals surface area contributed by atoms with Crippen molar-refractivity contribution in [3.63, 3.8) is 0 Å². The predicted molar refractivity (Wildman–Crippen MR) is 96.7 cm³/mol. The molecular formula is C21H30ClF. The molecule has 1 aromatic carbocycles. The lowest BCUT2D eigenvalue weighted by Crippen LogP contribution is -2.25. The molecule has 0 atom stereocenters. The molecule has 23 heavy (non-hydrogen) atoms. The van der Waals surface area contributed by atoms with E-state index in [-0.39, 0.29) is 5.82 Å². The molecule has 1 aromatic rings. The average Bonchev–Trinajstić information content (AvgIpc) is 2.54. The van der Waals surface area contributed by atoms with Gasteiger partial charge in [-0.25, -0.2) is 4.39 Å². The van der Waals surface area contributed by atoms with Crippen molar-refractivity contribution in [2.75, 3.05) is 0 Å². The lowest BCUT2D eigenvalue weighted by molar-refractivity contribution is 0.164. The van der Waals surface area contributed by atoms with Gasteiger partial charge in [-0.15, -0.1) is 0 Å². The number of rotatable bonds is 2. The van der Waals surface area contributed by atoms with Gasteiger partial charge in [0, 0.05) is 0 Å². The summed E-state index contributed by atoms with van der Waals surface area (Å²) in [4.78, 5) is 0. The van der Waals surface area contributed by atoms with E-state index >= 15 is 0 Å². The molecule has 2 saturated carbocycles. The Morgan fingerprint density at radius 2 is 1.39 bits per heavy atom. The maximum absolute atomic E-state index is 14.7. The highest BCUT2D eigenvalue weighted by Gasteiger charge is 2.32. The molecule has 3 rings (SSSR count). The molecule has 2 fully saturated rings. The van der Waals surface area contributed by atoms with Crippen molar-refractivity contribution in [2.24, 2.45) is 17.8 Å². The van der Waals surface area contributed by atoms with Crippen LogP contribution in [0.4, 0.5) is 4.39 Å². The first-order valence-corrected chi connectivity index (χ1v) is 9.80. The Morgan fingerprint density at radius 3 is 1.96 bits per heavy atom. The Kier molecular flexibility index (Phi) is 5.35. The SMILES string of the molecule is Cc1cc(C)c(C2CCC(C3CCC(C)CC3)CC2)c(F)c1Cl. The second-order valence-corrected chi connectivity index (χ2v) is 8.56. The molecule has 2 aliphatic rings. The third kappa shape index (κ3) is 3.60. The van der Waals surface area contributed by atoms with Crippen LogP contribution >= 0.6 is 11.6 Å². The minimum absolute atomic E-state index is 0.154. The van der Waals surface area contributed by atoms with E-state index in [1.54, 1.807) is 0 Å². The van der Waals surface area contributed by atoms with E-state index in [9.17, 15) is 4.39 Å². The van der Waals surface area contributed by atoms with Gasteiger partial charge < -0.3 is 0 Å². The van der Waals surface area contributed by atoms with E-state index in [1.807, 2.05) is 13.8 Å². The third-order valence-corrected chi connectivity index (χ3v) is 7.00. The highest BCUT2D eigenvalue weighted by Crippen LogP contribution is 2.45. The van der Waals surface area contributed by atoms with Gasteiger partial charge in [0.05, 0.1) is 5.02 Å². The molecule has 0 nitrogen and oxygen atoms in total. The summed E-state index contributed by atoms with van der Waals surface area (Å²) in [5.74, 6) is 2.95. The van der Waals surface area contributed by atoms with Gasteiger partial charge in [-0.05, 0) is 92.7 Å². The zero-order valence-electron chi connectivity index (χ0n) is 14.8. The number of benzene rings is 1. The zero-order valence-corrected chi connectivity index (χ0v) is 15.6. The summed E-state index contributed by atoms with van der Waals surface area (Å²) >= 11 is 6.16. The van der Waals surface area contributed by atoms with E-state index in [2.05, 4.69) is 13.0 Å². The Bertz CT molecular complexity index is 549. The summed E-state index contributed by atoms with van der Waals surface area (Å²) < 4.78 is 14.7. The quantitative estimate of drug-likeness (QED) is 0.535. The van der Waals surface area contributed by atoms with Gasteiger partial charge in [-0.3, -0.25) is 0 Å². The summed E-state index contributed by atoms with van der Waals surface area (Å²) in [6.45, 7) is 6.32. The molecular weight excluding hydrogens is 307 g/mol. The van der Waals surface area contributed by atoms with Crippen LogP contribution in [-0.2, 0) is 0 Å². The second-order valence-electron chi connectivity index (χ2n) is 8.18. The molecule has 0 aromatic heterocycles. The van der Waals surface area contributed by atoms with Gasteiger partial charge in [0.1, 0.15) is 5.82 Å². The minimum Gasteiger partial charge on any atom is -0.205 e. The first kappa shape index (κ1) is 17.3. The molecule has 0 amide bonds. The van der Waals surface area contributed by atoms with Crippen LogP contribution < -0.4 is 0 Å². The van der Waals surface area contributed by atoms with Crippen LogP contribution in [-0.4, -0.2) is 0 Å². The molecule has 0 unspecified atom stereocenters. The fourth-order valence-electron chi connectivity index (χ4n) is 5.07. The lowest BCUT2D eigenvalue weighted by Gasteiger charge is -2.37. The van der Waals surface area contributed by atoms with Gasteiger partial charge >= 0.3 is 0 Å². The Labute approximate surface area is 145 Å². The standard InChI is InChI=1S/C21H30ClF/c1-13-4-6-16(7-5-13)17-8-10-18(11-9-17)19-14(2)12-15(3)20(22)21(19)23/h12-13,16-18H,4-11H2,1-3H3. The van der Waals surface area contributed by atoms with Crippen LogP contribution in [0.3, 0.4) is 0 Å². The van der Waals surface area contributed by atoms with Crippen molar-refractivity contribution < 1.29 is 4.39 Å². The smallest absolute Gasteiger partial charge is 0.145 e. The monoisotopic (exact) mass is 336 g/mol. The molecule has 2 heteroatoms. The Morgan fingerprint density at radius 1 is 0.870 bits per heavy atom. The summed E-state index contributed by atoms with van der Waals surface area (Å²) in [5, 5.41) is 0.328. The maximum Gasteiger partial charge on any atom is 0.145 e. The molecule has 0 heterocycles. The molecule has 0 saturated heterocycles. The van der Waals surface area contributed by atoms with Gasteiger partial charge in [0.2, 0.25) is 0 Å². The topological polar surface area (TPSA) is 0 Å². The van der Waals surface area contributed by atoms with E-state index in [4.69, 9.17) is 11.6 Å². The van der Waals surface area contributed by atoms with Crippen LogP contribution in [0.15, 0.2) is 6.07 Å². The minimum atomic E-state index is -0.154. The van der Waals surface area contributed by atoms with Crippen LogP contribution in [0.1, 0.15) is 80.9 Å². The normalized spacial score (nSPS) is 32.0. The van der Waals surface area contributed by atoms with Gasteiger partial charge in [-0.1, -0.05) is 37.4 Å². The average molecular weight is 337 g/mol. The van der Waals surface area contributed by atoms with Crippen LogP contribution in [0.25, 0.3) is 0 Å². The summed E-state index contributed by atoms with van der Waals surface area (Å²) in [5.41, 5.74) is 2.84. The largest absolute Gasteiger partial charge is 0.205 e. The molecule has 0 spiro atoms. The zero-order chi connectivity index (χ0) is 16.6. The first-order chi connectivity index (χ1) is 11.0. The van der Waals surface area contributed by atoms with Crippen LogP contribution in [0.5, 0.6) is 0 Å². The lowest BCUT2D eigenvalue weighted by atomic mass is 9.68. The molecule has 0 N–H and O–H groups in total. The molecule has 2 aliphatic carbocycles. The third-order valence-electron chi connectivity index (χ3n) is 6.54. The number of halogens is 2. The molecule has 0 radical (unpaired) electrons. The molecule has 0 aliphatic heterocycles. The van der Waals surface area contributed by atoms with Crippen LogP contribution in [0, 0.1) is 37.4 Å². The van der Waals surface area contributed by atoms with E-state index in [0.717, 1.165) is 47.3 Å². The fraction of sp³-hybridized carbons (Fsp3) is 0.714. The highest BCUT2D eigenvalue weighted by molar-refractivity contribution is 6.31. The Hall–Kier alpha value is -0.560. The second kappa shape index (κ2) is 7.13. The van der Waals surface area contributed by atoms with Gasteiger partial charge in [0.15, 0.2) is 0 Å². The van der Waals surface area contributed by atoms with E-state index in [1.165, 1.54) is 38.5 Å². The van der Waals surface area contributed by atoms with Crippen molar-refractivity contribution >= 4 is 11.6 Å². The van der Waals surface area contributed by atoms with Crippen molar-refractivity contribution in [3.8, 4) is 0 Å². The van der Waals surface area contributed by atoms with Gasteiger partial charge in [0.25, 0.3) is 0 Å². The summed E-state index contributed by atoms with van der Waals surface area (Å²) in [6, 6.07) is 2.05. The van der Waals surface area contributed by atoms with Crippen molar-refractivity contribution in [1.82, 2.24) is 0 Å². The molecule has 128 valence electrons. The van der Waals surface area contributed by atoms with Crippen LogP contribution in [0.2, 0.25) is 5.02 Å². The summed E-state index contributed by atoms with van der Waals surface area (Å²) in [6.07, 6.45) is 10.5. The van der Waals surface area contributed by atoms with Gasteiger partial charge in [-0.2, -0.15) is 0 Å². The first-order valence-electron chi connectivity index (χ1n) is 9.42. The van der Waals surface area contributed by atoms with E-state index < -0.39 is 0 Å². The molecule has 0 bridgehead atoms. The highest BCUT2D eigenvalue weighted by atomic mass is 35.5. The predicted octanol–water partition coefficient (Wildman–Crippen LogP) is 7.20. The Balaban J connectivity index is 1.67. The van der Waals surface area contributed by atoms with E-state index in [0.29, 0.717) is 10.9 Å². The van der Waals surface area contributed by atoms with Crippen molar-refractivity contribution in [1.29, 1.82) is 0 Å². The number of hydrogen-bond donors (Lipinski definition) is 0. The maximum atomic E-state index is 14.7.